The molecule has 0 aromatic heterocycles. The van der Waals surface area contributed by atoms with E-state index in [0.717, 1.165) is 39.6 Å². The SMILES string of the molecule is CC(/C=C(/C)[N-]c1c(C(C)C)cccc1C(C)C)=Nc1c(C(C)C)cccc1C(C)C.CC(C)c1cccc(C(C)C)c1[NH-].CC[O-].[Sc+3]. The monoisotopic (exact) mass is 683 g/mol. The third-order valence-corrected chi connectivity index (χ3v) is 8.05. The Labute approximate surface area is 313 Å². The molecule has 0 fully saturated rings. The van der Waals surface area contributed by atoms with Crippen LogP contribution in [0, 0.1) is 0 Å². The molecule has 0 saturated heterocycles. The van der Waals surface area contributed by atoms with Gasteiger partial charge < -0.3 is 16.2 Å². The van der Waals surface area contributed by atoms with Gasteiger partial charge in [0.1, 0.15) is 0 Å². The van der Waals surface area contributed by atoms with Crippen LogP contribution in [0.1, 0.15) is 173 Å². The van der Waals surface area contributed by atoms with E-state index in [2.05, 4.69) is 158 Å². The molecule has 3 aromatic carbocycles. The van der Waals surface area contributed by atoms with Crippen molar-refractivity contribution in [2.24, 2.45) is 4.99 Å². The van der Waals surface area contributed by atoms with Gasteiger partial charge in [-0.15, -0.1) is 18.0 Å². The Kier molecular flexibility index (Phi) is 21.1. The van der Waals surface area contributed by atoms with Gasteiger partial charge in [-0.2, -0.15) is 5.70 Å². The van der Waals surface area contributed by atoms with Crippen molar-refractivity contribution < 1.29 is 30.9 Å². The Bertz CT molecular complexity index is 1370. The summed E-state index contributed by atoms with van der Waals surface area (Å²) in [4.78, 5) is 5.08. The van der Waals surface area contributed by atoms with Crippen molar-refractivity contribution in [2.45, 2.75) is 139 Å². The van der Waals surface area contributed by atoms with Gasteiger partial charge in [-0.1, -0.05) is 180 Å². The van der Waals surface area contributed by atoms with Crippen molar-refractivity contribution in [2.75, 3.05) is 6.61 Å². The molecule has 260 valence electrons. The zero-order valence-electron chi connectivity index (χ0n) is 32.8. The first-order valence-electron chi connectivity index (χ1n) is 17.6. The van der Waals surface area contributed by atoms with Crippen LogP contribution in [0.5, 0.6) is 0 Å². The molecule has 0 unspecified atom stereocenters. The summed E-state index contributed by atoms with van der Waals surface area (Å²) in [7, 11) is 0. The van der Waals surface area contributed by atoms with Crippen molar-refractivity contribution in [1.29, 1.82) is 0 Å². The zero-order chi connectivity index (χ0) is 36.0. The number of allylic oxidation sites excluding steroid dienone is 2. The van der Waals surface area contributed by atoms with E-state index in [1.54, 1.807) is 6.92 Å². The maximum absolute atomic E-state index is 8.93. The summed E-state index contributed by atoms with van der Waals surface area (Å²) >= 11 is 0. The fraction of sp³-hybridized carbons (Fsp3) is 0.512. The number of hydrogen-bond donors (Lipinski definition) is 0. The fourth-order valence-corrected chi connectivity index (χ4v) is 5.55. The first-order chi connectivity index (χ1) is 22.0. The van der Waals surface area contributed by atoms with Crippen LogP contribution in [-0.2, 0) is 25.8 Å². The van der Waals surface area contributed by atoms with E-state index in [4.69, 9.17) is 21.1 Å². The largest absolute Gasteiger partial charge is 3.00 e. The smallest absolute Gasteiger partial charge is 0.855 e. The van der Waals surface area contributed by atoms with E-state index >= 15 is 0 Å². The Morgan fingerprint density at radius 1 is 0.625 bits per heavy atom. The van der Waals surface area contributed by atoms with E-state index in [1.165, 1.54) is 22.3 Å². The summed E-state index contributed by atoms with van der Waals surface area (Å²) in [6, 6.07) is 19.3. The fourth-order valence-electron chi connectivity index (χ4n) is 5.55. The topological polar surface area (TPSA) is 73.3 Å². The summed E-state index contributed by atoms with van der Waals surface area (Å²) in [6.07, 6.45) is 2.11. The van der Waals surface area contributed by atoms with Gasteiger partial charge >= 0.3 is 25.8 Å². The second-order valence-corrected chi connectivity index (χ2v) is 14.2. The van der Waals surface area contributed by atoms with E-state index in [0.29, 0.717) is 35.5 Å². The molecule has 0 atom stereocenters. The number of benzene rings is 3. The van der Waals surface area contributed by atoms with Crippen LogP contribution in [0.25, 0.3) is 11.1 Å². The maximum Gasteiger partial charge on any atom is 3.00 e. The molecule has 0 aliphatic carbocycles. The Hall–Kier alpha value is -2.50. The molecule has 0 aliphatic heterocycles. The number of nitrogens with one attached hydrogen (secondary N) is 1. The van der Waals surface area contributed by atoms with E-state index < -0.39 is 0 Å². The number of aliphatic imine (C=N–C) groups is 1. The van der Waals surface area contributed by atoms with Gasteiger partial charge in [0.25, 0.3) is 0 Å². The molecular formula is C43H64N3OSc. The van der Waals surface area contributed by atoms with Gasteiger partial charge in [0.05, 0.1) is 5.69 Å². The maximum atomic E-state index is 8.93. The van der Waals surface area contributed by atoms with Crippen LogP contribution >= 0.6 is 0 Å². The quantitative estimate of drug-likeness (QED) is 0.196. The van der Waals surface area contributed by atoms with Crippen LogP contribution in [0.15, 0.2) is 71.4 Å². The molecule has 0 heterocycles. The number of hydrogen-bond acceptors (Lipinski definition) is 2. The van der Waals surface area contributed by atoms with Gasteiger partial charge in [0.15, 0.2) is 0 Å². The molecule has 0 spiro atoms. The van der Waals surface area contributed by atoms with Gasteiger partial charge in [0, 0.05) is 5.71 Å². The van der Waals surface area contributed by atoms with Crippen molar-refractivity contribution in [3.8, 4) is 0 Å². The van der Waals surface area contributed by atoms with Crippen molar-refractivity contribution >= 4 is 22.8 Å². The van der Waals surface area contributed by atoms with E-state index in [9.17, 15) is 0 Å². The second kappa shape index (κ2) is 22.3. The van der Waals surface area contributed by atoms with Crippen LogP contribution in [0.3, 0.4) is 0 Å². The van der Waals surface area contributed by atoms with E-state index in [-0.39, 0.29) is 32.5 Å². The second-order valence-electron chi connectivity index (χ2n) is 14.2. The molecule has 5 heteroatoms. The summed E-state index contributed by atoms with van der Waals surface area (Å²) < 4.78 is 0. The molecule has 0 radical (unpaired) electrons. The Morgan fingerprint density at radius 3 is 1.23 bits per heavy atom. The number of nitrogens with zero attached hydrogens (tertiary/aromatic N) is 2. The van der Waals surface area contributed by atoms with Crippen molar-refractivity contribution in [3.05, 3.63) is 111 Å². The molecule has 3 aromatic rings. The minimum Gasteiger partial charge on any atom is -0.855 e. The molecule has 4 nitrogen and oxygen atoms in total. The summed E-state index contributed by atoms with van der Waals surface area (Å²) in [6.45, 7) is 32.2. The number of para-hydroxylation sites is 2. The van der Waals surface area contributed by atoms with Crippen LogP contribution in [-0.4, -0.2) is 12.3 Å². The van der Waals surface area contributed by atoms with Gasteiger partial charge in [-0.05, 0) is 53.6 Å². The van der Waals surface area contributed by atoms with Crippen molar-refractivity contribution in [3.63, 3.8) is 0 Å². The van der Waals surface area contributed by atoms with Crippen LogP contribution in [0.2, 0.25) is 0 Å². The van der Waals surface area contributed by atoms with Gasteiger partial charge in [0.2, 0.25) is 0 Å². The minimum atomic E-state index is 0. The third-order valence-electron chi connectivity index (χ3n) is 8.05. The van der Waals surface area contributed by atoms with Crippen LogP contribution in [0.4, 0.5) is 17.1 Å². The first kappa shape index (κ1) is 45.5. The van der Waals surface area contributed by atoms with Gasteiger partial charge in [-0.25, -0.2) is 0 Å². The summed E-state index contributed by atoms with van der Waals surface area (Å²) in [5, 5.41) is 14.0. The Balaban J connectivity index is 0.00000108. The molecule has 48 heavy (non-hydrogen) atoms. The molecular weight excluding hydrogens is 619 g/mol. The van der Waals surface area contributed by atoms with Crippen LogP contribution < -0.4 is 5.11 Å². The minimum absolute atomic E-state index is 0. The average molecular weight is 684 g/mol. The molecule has 0 amide bonds. The number of rotatable bonds is 10. The molecule has 0 bridgehead atoms. The summed E-state index contributed by atoms with van der Waals surface area (Å²) in [5.41, 5.74) is 20.5. The standard InChI is InChI=1S/C29H41N2.C12H18N.C2H5O.Sc/c1-18(2)24-13-11-14-25(19(3)4)28(24)30-22(9)17-23(10)31-29-26(20(5)6)15-12-16-27(29)21(7)8;1-8(2)10-6-5-7-11(9(3)4)12(10)13;1-2-3;/h11-21H,1-10H3;5-9,13H,1-4H3;2H2,1H3;/q3*-1;+3/b22-17-,31-23?;;;. The normalized spacial score (nSPS) is 11.9. The van der Waals surface area contributed by atoms with Crippen molar-refractivity contribution in [1.82, 2.24) is 0 Å². The summed E-state index contributed by atoms with van der Waals surface area (Å²) in [5.74, 6) is 2.65. The molecule has 3 rings (SSSR count). The average Bonchev–Trinajstić information content (AvgIpc) is 2.97. The third kappa shape index (κ3) is 13.8. The van der Waals surface area contributed by atoms with E-state index in [1.807, 2.05) is 0 Å². The predicted molar refractivity (Wildman–Crippen MR) is 208 cm³/mol. The predicted octanol–water partition coefficient (Wildman–Crippen LogP) is 13.9. The zero-order valence-corrected chi connectivity index (χ0v) is 34.6. The molecule has 0 aliphatic rings. The molecule has 1 N–H and O–H groups in total. The first-order valence-corrected chi connectivity index (χ1v) is 17.6. The van der Waals surface area contributed by atoms with Gasteiger partial charge in [-0.3, -0.25) is 4.99 Å². The molecule has 0 saturated carbocycles. The Morgan fingerprint density at radius 2 is 0.917 bits per heavy atom.